The van der Waals surface area contributed by atoms with Crippen molar-refractivity contribution >= 4 is 34.8 Å². The van der Waals surface area contributed by atoms with Crippen LogP contribution in [0.2, 0.25) is 0 Å². The normalized spacial score (nSPS) is 10.4. The number of nitrogens with two attached hydrogens (primary N) is 1. The van der Waals surface area contributed by atoms with E-state index < -0.39 is 5.17 Å². The van der Waals surface area contributed by atoms with Crippen molar-refractivity contribution < 1.29 is 10.2 Å². The molecule has 0 radical (unpaired) electrons. The fourth-order valence-corrected chi connectivity index (χ4v) is 1.68. The van der Waals surface area contributed by atoms with Crippen molar-refractivity contribution in [3.63, 3.8) is 0 Å². The van der Waals surface area contributed by atoms with Gasteiger partial charge in [0, 0.05) is 18.9 Å². The number of pyridine rings is 1. The van der Waals surface area contributed by atoms with Gasteiger partial charge < -0.3 is 20.8 Å². The molecule has 1 heterocycles. The quantitative estimate of drug-likeness (QED) is 0.725. The minimum atomic E-state index is -0.500. The number of hydrogen-bond donors (Lipinski definition) is 3. The Morgan fingerprint density at radius 2 is 2.15 bits per heavy atom. The SMILES string of the molecule is CC(c1cccnc1)N(CCC#N)C(O)=S.NC(O)=S. The Labute approximate surface area is 128 Å². The van der Waals surface area contributed by atoms with Crippen LogP contribution in [0.1, 0.15) is 24.9 Å². The Bertz CT molecular complexity index is 472. The first-order chi connectivity index (χ1) is 9.40. The van der Waals surface area contributed by atoms with Crippen LogP contribution in [0.15, 0.2) is 24.5 Å². The summed E-state index contributed by atoms with van der Waals surface area (Å²) in [6.45, 7) is 2.33. The molecule has 0 spiro atoms. The predicted octanol–water partition coefficient (Wildman–Crippen LogP) is 1.99. The average molecular weight is 312 g/mol. The second-order valence-corrected chi connectivity index (χ2v) is 4.47. The van der Waals surface area contributed by atoms with E-state index in [0.717, 1.165) is 5.56 Å². The molecule has 0 aromatic carbocycles. The summed E-state index contributed by atoms with van der Waals surface area (Å²) in [5.41, 5.74) is 5.35. The number of thiocarbonyl (C=S) groups is 2. The first-order valence-corrected chi connectivity index (χ1v) is 6.46. The second kappa shape index (κ2) is 9.89. The molecule has 8 heteroatoms. The molecule has 1 unspecified atom stereocenters. The molecule has 0 amide bonds. The highest BCUT2D eigenvalue weighted by Crippen LogP contribution is 2.19. The third-order valence-corrected chi connectivity index (χ3v) is 2.58. The van der Waals surface area contributed by atoms with Gasteiger partial charge in [0.15, 0.2) is 0 Å². The number of nitriles is 1. The van der Waals surface area contributed by atoms with E-state index in [1.807, 2.05) is 25.1 Å². The first kappa shape index (κ1) is 18.0. The molecule has 0 aliphatic rings. The highest BCUT2D eigenvalue weighted by atomic mass is 32.1. The van der Waals surface area contributed by atoms with E-state index in [1.54, 1.807) is 17.3 Å². The number of aliphatic hydroxyl groups is 2. The number of aromatic nitrogens is 1. The minimum absolute atomic E-state index is 0.0838. The minimum Gasteiger partial charge on any atom is -0.487 e. The van der Waals surface area contributed by atoms with Gasteiger partial charge in [0.05, 0.1) is 18.5 Å². The van der Waals surface area contributed by atoms with Gasteiger partial charge in [-0.2, -0.15) is 5.26 Å². The lowest BCUT2D eigenvalue weighted by Crippen LogP contribution is -2.32. The van der Waals surface area contributed by atoms with Crippen LogP contribution in [0.25, 0.3) is 0 Å². The van der Waals surface area contributed by atoms with Crippen LogP contribution in [-0.4, -0.2) is 37.0 Å². The first-order valence-electron chi connectivity index (χ1n) is 5.65. The summed E-state index contributed by atoms with van der Waals surface area (Å²) in [6, 6.07) is 5.69. The van der Waals surface area contributed by atoms with E-state index in [2.05, 4.69) is 22.9 Å². The number of nitrogens with zero attached hydrogens (tertiary/aromatic N) is 3. The predicted molar refractivity (Wildman–Crippen MR) is 84.2 cm³/mol. The van der Waals surface area contributed by atoms with Crippen molar-refractivity contribution in [1.82, 2.24) is 9.88 Å². The molecule has 0 aliphatic heterocycles. The van der Waals surface area contributed by atoms with Gasteiger partial charge in [0.25, 0.3) is 10.3 Å². The number of aliphatic hydroxyl groups excluding tert-OH is 2. The number of hydrogen-bond acceptors (Lipinski definition) is 4. The van der Waals surface area contributed by atoms with Gasteiger partial charge in [-0.05, 0) is 43.0 Å². The van der Waals surface area contributed by atoms with E-state index >= 15 is 0 Å². The molecule has 1 aromatic rings. The molecule has 108 valence electrons. The van der Waals surface area contributed by atoms with E-state index in [1.165, 1.54) is 0 Å². The van der Waals surface area contributed by atoms with Crippen LogP contribution in [-0.2, 0) is 0 Å². The summed E-state index contributed by atoms with van der Waals surface area (Å²) in [6.07, 6.45) is 3.74. The van der Waals surface area contributed by atoms with Crippen molar-refractivity contribution in [3.05, 3.63) is 30.1 Å². The van der Waals surface area contributed by atoms with Gasteiger partial charge in [0.2, 0.25) is 0 Å². The molecule has 1 atom stereocenters. The van der Waals surface area contributed by atoms with Gasteiger partial charge in [0.1, 0.15) is 0 Å². The Kier molecular flexibility index (Phi) is 8.91. The van der Waals surface area contributed by atoms with Gasteiger partial charge >= 0.3 is 0 Å². The highest BCUT2D eigenvalue weighted by molar-refractivity contribution is 7.80. The molecule has 0 saturated carbocycles. The summed E-state index contributed by atoms with van der Waals surface area (Å²) >= 11 is 8.63. The largest absolute Gasteiger partial charge is 0.487 e. The van der Waals surface area contributed by atoms with Gasteiger partial charge in [-0.15, -0.1) is 0 Å². The van der Waals surface area contributed by atoms with E-state index in [0.29, 0.717) is 13.0 Å². The monoisotopic (exact) mass is 312 g/mol. The lowest BCUT2D eigenvalue weighted by Gasteiger charge is -2.27. The van der Waals surface area contributed by atoms with Gasteiger partial charge in [-0.25, -0.2) is 0 Å². The fourth-order valence-electron chi connectivity index (χ4n) is 1.43. The summed E-state index contributed by atoms with van der Waals surface area (Å²) in [7, 11) is 0. The molecule has 1 rings (SSSR count). The zero-order valence-corrected chi connectivity index (χ0v) is 12.6. The lowest BCUT2D eigenvalue weighted by atomic mass is 10.1. The summed E-state index contributed by atoms with van der Waals surface area (Å²) in [5.74, 6) is 0. The third-order valence-electron chi connectivity index (χ3n) is 2.34. The average Bonchev–Trinajstić information content (AvgIpc) is 2.39. The Morgan fingerprint density at radius 3 is 2.55 bits per heavy atom. The molecular weight excluding hydrogens is 296 g/mol. The van der Waals surface area contributed by atoms with Crippen molar-refractivity contribution in [2.24, 2.45) is 5.73 Å². The maximum atomic E-state index is 9.40. The molecule has 0 fully saturated rings. The van der Waals surface area contributed by atoms with Crippen molar-refractivity contribution in [1.29, 1.82) is 5.26 Å². The molecular formula is C12H16N4O2S2. The highest BCUT2D eigenvalue weighted by Gasteiger charge is 2.17. The van der Waals surface area contributed by atoms with Gasteiger partial charge in [-0.1, -0.05) is 6.07 Å². The van der Waals surface area contributed by atoms with Crippen LogP contribution in [0.3, 0.4) is 0 Å². The van der Waals surface area contributed by atoms with Crippen molar-refractivity contribution in [2.75, 3.05) is 6.54 Å². The Morgan fingerprint density at radius 1 is 1.55 bits per heavy atom. The van der Waals surface area contributed by atoms with E-state index in [4.69, 9.17) is 22.6 Å². The zero-order chi connectivity index (χ0) is 15.5. The molecule has 4 N–H and O–H groups in total. The smallest absolute Gasteiger partial charge is 0.257 e. The molecule has 1 aromatic heterocycles. The lowest BCUT2D eigenvalue weighted by molar-refractivity contribution is 0.289. The van der Waals surface area contributed by atoms with Crippen LogP contribution in [0.4, 0.5) is 0 Å². The Hall–Kier alpha value is -1.98. The zero-order valence-electron chi connectivity index (χ0n) is 10.9. The van der Waals surface area contributed by atoms with E-state index in [-0.39, 0.29) is 11.2 Å². The molecule has 20 heavy (non-hydrogen) atoms. The van der Waals surface area contributed by atoms with Crippen LogP contribution in [0.5, 0.6) is 0 Å². The summed E-state index contributed by atoms with van der Waals surface area (Å²) < 4.78 is 0. The fraction of sp³-hybridized carbons (Fsp3) is 0.333. The second-order valence-electron chi connectivity index (χ2n) is 3.68. The third kappa shape index (κ3) is 7.45. The standard InChI is InChI=1S/C11H13N3OS.CH3NOS/c1-9(10-4-2-6-13-8-10)14(11(15)16)7-3-5-12;2-1(3)4/h2,4,6,8-9H,3,7H2,1H3,(H,15,16);(H3,2,3,4). The molecule has 0 saturated heterocycles. The van der Waals surface area contributed by atoms with Crippen LogP contribution >= 0.6 is 24.4 Å². The number of rotatable bonds is 4. The maximum absolute atomic E-state index is 9.40. The summed E-state index contributed by atoms with van der Waals surface area (Å²) in [4.78, 5) is 5.62. The van der Waals surface area contributed by atoms with Crippen molar-refractivity contribution in [2.45, 2.75) is 19.4 Å². The van der Waals surface area contributed by atoms with E-state index in [9.17, 15) is 5.11 Å². The molecule has 6 nitrogen and oxygen atoms in total. The van der Waals surface area contributed by atoms with Crippen LogP contribution < -0.4 is 5.73 Å². The summed E-state index contributed by atoms with van der Waals surface area (Å²) in [5, 5.41) is 24.8. The van der Waals surface area contributed by atoms with Gasteiger partial charge in [-0.3, -0.25) is 4.98 Å². The van der Waals surface area contributed by atoms with Crippen molar-refractivity contribution in [3.8, 4) is 6.07 Å². The topological polar surface area (TPSA) is 106 Å². The Balaban J connectivity index is 0.000000796. The molecule has 0 bridgehead atoms. The maximum Gasteiger partial charge on any atom is 0.257 e. The molecule has 0 aliphatic carbocycles. The van der Waals surface area contributed by atoms with Crippen LogP contribution in [0, 0.1) is 11.3 Å².